The average molecular weight is 289 g/mol. The van der Waals surface area contributed by atoms with Gasteiger partial charge >= 0.3 is 11.8 Å². The second-order valence-electron chi connectivity index (χ2n) is 4.02. The van der Waals surface area contributed by atoms with E-state index in [9.17, 15) is 14.9 Å². The molecule has 0 saturated heterocycles. The Bertz CT molecular complexity index is 706. The van der Waals surface area contributed by atoms with Crippen molar-refractivity contribution in [2.45, 2.75) is 0 Å². The lowest BCUT2D eigenvalue weighted by Gasteiger charge is -2.05. The zero-order chi connectivity index (χ0) is 15.4. The Balaban J connectivity index is 2.34. The van der Waals surface area contributed by atoms with Gasteiger partial charge in [0.1, 0.15) is 11.9 Å². The van der Waals surface area contributed by atoms with Crippen LogP contribution in [0.5, 0.6) is 5.75 Å². The van der Waals surface area contributed by atoms with Gasteiger partial charge in [-0.05, 0) is 17.1 Å². The van der Waals surface area contributed by atoms with Gasteiger partial charge in [0.15, 0.2) is 0 Å². The topological polar surface area (TPSA) is 107 Å². The number of nitro groups is 1. The van der Waals surface area contributed by atoms with Crippen LogP contribution >= 0.6 is 0 Å². The van der Waals surface area contributed by atoms with Crippen LogP contribution in [-0.4, -0.2) is 25.6 Å². The van der Waals surface area contributed by atoms with Crippen LogP contribution in [0, 0.1) is 10.1 Å². The molecule has 0 bridgehead atoms. The minimum atomic E-state index is -1.30. The van der Waals surface area contributed by atoms with Crippen molar-refractivity contribution in [3.05, 3.63) is 58.2 Å². The van der Waals surface area contributed by atoms with Gasteiger partial charge in [0.2, 0.25) is 11.6 Å². The number of carboxylic acids is 1. The van der Waals surface area contributed by atoms with Gasteiger partial charge in [-0.15, -0.1) is 0 Å². The summed E-state index contributed by atoms with van der Waals surface area (Å²) in [5.74, 6) is -1.48. The lowest BCUT2D eigenvalue weighted by atomic mass is 10.3. The highest BCUT2D eigenvalue weighted by Crippen LogP contribution is 2.17. The standard InChI is InChI=1S/C13H11N3O5/c1-15-11(14-8-12(15)16(19)20)7-10(13(17)18)21-9-5-3-2-4-6-9/h2-8H,1H3,(H,17,18)/b10-7-. The zero-order valence-corrected chi connectivity index (χ0v) is 11.0. The van der Waals surface area contributed by atoms with E-state index in [1.54, 1.807) is 30.3 Å². The number of imidazole rings is 1. The van der Waals surface area contributed by atoms with E-state index in [4.69, 9.17) is 9.84 Å². The molecule has 0 saturated carbocycles. The number of para-hydroxylation sites is 1. The second kappa shape index (κ2) is 5.87. The van der Waals surface area contributed by atoms with Crippen molar-refractivity contribution in [1.29, 1.82) is 0 Å². The fraction of sp³-hybridized carbons (Fsp3) is 0.0769. The third-order valence-electron chi connectivity index (χ3n) is 2.63. The van der Waals surface area contributed by atoms with Crippen LogP contribution in [-0.2, 0) is 11.8 Å². The summed E-state index contributed by atoms with van der Waals surface area (Å²) < 4.78 is 6.41. The molecule has 8 heteroatoms. The van der Waals surface area contributed by atoms with Crippen LogP contribution in [0.15, 0.2) is 42.3 Å². The Labute approximate surface area is 119 Å². The van der Waals surface area contributed by atoms with Crippen LogP contribution in [0.2, 0.25) is 0 Å². The average Bonchev–Trinajstić information content (AvgIpc) is 2.80. The SMILES string of the molecule is Cn1c([N+](=O)[O-])cnc1/C=C(\Oc1ccccc1)C(=O)O. The van der Waals surface area contributed by atoms with Crippen molar-refractivity contribution in [3.8, 4) is 5.75 Å². The summed E-state index contributed by atoms with van der Waals surface area (Å²) >= 11 is 0. The maximum atomic E-state index is 11.2. The first-order valence-electron chi connectivity index (χ1n) is 5.83. The summed E-state index contributed by atoms with van der Waals surface area (Å²) in [4.78, 5) is 25.1. The third-order valence-corrected chi connectivity index (χ3v) is 2.63. The number of aliphatic carboxylic acids is 1. The Morgan fingerprint density at radius 3 is 2.62 bits per heavy atom. The number of benzene rings is 1. The minimum Gasteiger partial charge on any atom is -0.475 e. The van der Waals surface area contributed by atoms with E-state index in [-0.39, 0.29) is 17.4 Å². The molecule has 0 atom stereocenters. The van der Waals surface area contributed by atoms with Crippen molar-refractivity contribution in [2.24, 2.45) is 7.05 Å². The van der Waals surface area contributed by atoms with E-state index in [0.29, 0.717) is 5.75 Å². The fourth-order valence-electron chi connectivity index (χ4n) is 1.59. The van der Waals surface area contributed by atoms with Gasteiger partial charge in [-0.1, -0.05) is 18.2 Å². The smallest absolute Gasteiger partial charge is 0.372 e. The fourth-order valence-corrected chi connectivity index (χ4v) is 1.59. The molecule has 0 spiro atoms. The normalized spacial score (nSPS) is 11.2. The van der Waals surface area contributed by atoms with Gasteiger partial charge in [0.05, 0.1) is 13.1 Å². The molecule has 0 aliphatic heterocycles. The lowest BCUT2D eigenvalue weighted by molar-refractivity contribution is -0.391. The number of ether oxygens (including phenoxy) is 1. The first-order chi connectivity index (χ1) is 9.99. The van der Waals surface area contributed by atoms with Crippen LogP contribution < -0.4 is 4.74 Å². The summed E-state index contributed by atoms with van der Waals surface area (Å²) in [6, 6.07) is 8.34. The molecule has 0 radical (unpaired) electrons. The van der Waals surface area contributed by atoms with E-state index in [1.165, 1.54) is 7.05 Å². The van der Waals surface area contributed by atoms with E-state index in [2.05, 4.69) is 4.98 Å². The number of hydrogen-bond acceptors (Lipinski definition) is 5. The number of aromatic nitrogens is 2. The van der Waals surface area contributed by atoms with E-state index in [0.717, 1.165) is 16.8 Å². The van der Waals surface area contributed by atoms with Crippen LogP contribution in [0.1, 0.15) is 5.82 Å². The van der Waals surface area contributed by atoms with Crippen LogP contribution in [0.3, 0.4) is 0 Å². The number of rotatable bonds is 5. The first kappa shape index (κ1) is 14.3. The van der Waals surface area contributed by atoms with Crippen molar-refractivity contribution < 1.29 is 19.6 Å². The molecular formula is C13H11N3O5. The molecule has 0 aliphatic carbocycles. The van der Waals surface area contributed by atoms with Gasteiger partial charge in [-0.25, -0.2) is 14.3 Å². The zero-order valence-electron chi connectivity index (χ0n) is 11.0. The summed E-state index contributed by atoms with van der Waals surface area (Å²) in [5.41, 5.74) is 0. The monoisotopic (exact) mass is 289 g/mol. The molecule has 1 heterocycles. The molecule has 1 N–H and O–H groups in total. The summed E-state index contributed by atoms with van der Waals surface area (Å²) in [5, 5.41) is 19.9. The van der Waals surface area contributed by atoms with Gasteiger partial charge < -0.3 is 20.0 Å². The minimum absolute atomic E-state index is 0.107. The highest BCUT2D eigenvalue weighted by atomic mass is 16.6. The number of carboxylic acid groups (broad SMARTS) is 1. The predicted octanol–water partition coefficient (Wildman–Crippen LogP) is 1.83. The lowest BCUT2D eigenvalue weighted by Crippen LogP contribution is -2.09. The summed E-state index contributed by atoms with van der Waals surface area (Å²) in [6.45, 7) is 0. The van der Waals surface area contributed by atoms with Gasteiger partial charge in [0, 0.05) is 0 Å². The Kier molecular flexibility index (Phi) is 3.98. The molecule has 21 heavy (non-hydrogen) atoms. The molecule has 2 aromatic rings. The van der Waals surface area contributed by atoms with Gasteiger partial charge in [-0.3, -0.25) is 0 Å². The van der Waals surface area contributed by atoms with Gasteiger partial charge in [-0.2, -0.15) is 0 Å². The van der Waals surface area contributed by atoms with Crippen molar-refractivity contribution in [2.75, 3.05) is 0 Å². The molecule has 108 valence electrons. The van der Waals surface area contributed by atoms with Crippen LogP contribution in [0.4, 0.5) is 5.82 Å². The quantitative estimate of drug-likeness (QED) is 0.389. The van der Waals surface area contributed by atoms with E-state index in [1.807, 2.05) is 0 Å². The third kappa shape index (κ3) is 3.24. The number of nitrogens with zero attached hydrogens (tertiary/aromatic N) is 3. The molecule has 0 amide bonds. The summed E-state index contributed by atoms with van der Waals surface area (Å²) in [6.07, 6.45) is 2.18. The molecule has 0 aliphatic rings. The first-order valence-corrected chi connectivity index (χ1v) is 5.83. The van der Waals surface area contributed by atoms with Crippen molar-refractivity contribution >= 4 is 17.9 Å². The van der Waals surface area contributed by atoms with E-state index < -0.39 is 10.9 Å². The highest BCUT2D eigenvalue weighted by Gasteiger charge is 2.18. The number of hydrogen-bond donors (Lipinski definition) is 1. The largest absolute Gasteiger partial charge is 0.475 e. The van der Waals surface area contributed by atoms with Crippen molar-refractivity contribution in [3.63, 3.8) is 0 Å². The highest BCUT2D eigenvalue weighted by molar-refractivity contribution is 5.89. The van der Waals surface area contributed by atoms with E-state index >= 15 is 0 Å². The summed E-state index contributed by atoms with van der Waals surface area (Å²) in [7, 11) is 1.42. The van der Waals surface area contributed by atoms with Crippen LogP contribution in [0.25, 0.3) is 6.08 Å². The molecule has 0 unspecified atom stereocenters. The Morgan fingerprint density at radius 1 is 1.43 bits per heavy atom. The van der Waals surface area contributed by atoms with Gasteiger partial charge in [0.25, 0.3) is 0 Å². The maximum Gasteiger partial charge on any atom is 0.372 e. The predicted molar refractivity (Wildman–Crippen MR) is 72.5 cm³/mol. The Hall–Kier alpha value is -3.16. The Morgan fingerprint density at radius 2 is 2.10 bits per heavy atom. The molecule has 0 fully saturated rings. The molecular weight excluding hydrogens is 278 g/mol. The van der Waals surface area contributed by atoms with Crippen molar-refractivity contribution in [1.82, 2.24) is 9.55 Å². The maximum absolute atomic E-state index is 11.2. The number of carbonyl (C=O) groups is 1. The second-order valence-corrected chi connectivity index (χ2v) is 4.02. The molecule has 1 aromatic heterocycles. The molecule has 8 nitrogen and oxygen atoms in total. The molecule has 1 aromatic carbocycles. The molecule has 2 rings (SSSR count).